The first-order valence-corrected chi connectivity index (χ1v) is 42.4. The van der Waals surface area contributed by atoms with Gasteiger partial charge < -0.3 is 61.5 Å². The van der Waals surface area contributed by atoms with Crippen LogP contribution in [0, 0.1) is 0 Å². The summed E-state index contributed by atoms with van der Waals surface area (Å²) in [5.41, 5.74) is 30.5. The number of ether oxygens (including phenoxy) is 5. The van der Waals surface area contributed by atoms with Gasteiger partial charge in [0.05, 0.1) is 64.8 Å². The minimum atomic E-state index is -3.47. The summed E-state index contributed by atoms with van der Waals surface area (Å²) in [4.78, 5) is 35.1. The second kappa shape index (κ2) is 41.7. The van der Waals surface area contributed by atoms with Crippen LogP contribution < -0.4 is 55.7 Å². The molecule has 117 heavy (non-hydrogen) atoms. The number of carboxylic acids is 1. The number of carbonyl (C=O) groups is 3. The van der Waals surface area contributed by atoms with E-state index in [0.29, 0.717) is 116 Å². The molecule has 12 aromatic rings. The van der Waals surface area contributed by atoms with Crippen LogP contribution in [-0.4, -0.2) is 112 Å². The summed E-state index contributed by atoms with van der Waals surface area (Å²) >= 11 is 3.55. The number of aliphatic carboxylic acids is 1. The molecule has 0 atom stereocenters. The Morgan fingerprint density at radius 1 is 0.444 bits per heavy atom. The number of nitrogens with zero attached hydrogens (tertiary/aromatic N) is 3. The zero-order valence-corrected chi connectivity index (χ0v) is 69.1. The molecular weight excluding hydrogens is 1630 g/mol. The molecule has 3 aliphatic carbocycles. The first-order valence-electron chi connectivity index (χ1n) is 37.1. The molecule has 3 saturated carbocycles. The second-order valence-electron chi connectivity index (χ2n) is 27.6. The van der Waals surface area contributed by atoms with Crippen molar-refractivity contribution in [3.05, 3.63) is 273 Å². The van der Waals surface area contributed by atoms with Crippen LogP contribution in [0.15, 0.2) is 223 Å². The standard InChI is InChI=1S/C29H30N2O5S.C27H26N2O5S.C22H22BrNO5S.C7H10BNO2.CH4.ClH.Li.H2O/c1-2-35-29(32)17-23-7-3-4-9-28(23)36-19-21-15-26(22-8-5-6-20(14-22)18-30)25-12-13-31(27(25)16-21)37(33,34)24-10-11-24;28-16-18-4-3-6-20(12-18)24-13-19(17-34-26-7-2-1-5-21(26)15-27(30)31)14-25-23(24)10-11-29(25)35(32,33)22-8-9-22;1-2-28-22(25)13-16-5-3-4-6-21(16)29-14-15-11-19(23)18-9-10-24(20(18)12-15)30(26,27)17-7-8-17;9-5-6-2-1-3-7(4-6)8(10)11;;;;/h3-9,12-16,24H,2,10-11,17-19,30H2,1H3;1-7,10-14,22H,8-9,15-17,28H2,(H,30,31);3-6,9-12,17H,2,7-8,13-14H2,1H3;1-4,10-11H,5,9H2;1H4;1H;;1H2/q;;;;;;+1;/p-1. The number of carboxylic acid groups (broad SMARTS) is 1. The van der Waals surface area contributed by atoms with E-state index in [0.717, 1.165) is 87.4 Å². The van der Waals surface area contributed by atoms with Gasteiger partial charge in [-0.1, -0.05) is 139 Å². The normalized spacial score (nSPS) is 12.9. The van der Waals surface area contributed by atoms with Gasteiger partial charge in [-0.15, -0.1) is 12.4 Å². The van der Waals surface area contributed by atoms with E-state index in [1.807, 2.05) is 152 Å². The fourth-order valence-corrected chi connectivity index (χ4v) is 18.9. The van der Waals surface area contributed by atoms with Gasteiger partial charge in [-0.05, 0) is 198 Å². The zero-order valence-electron chi connectivity index (χ0n) is 64.2. The molecule has 3 fully saturated rings. The predicted molar refractivity (Wildman–Crippen MR) is 457 cm³/mol. The van der Waals surface area contributed by atoms with E-state index < -0.39 is 43.2 Å². The van der Waals surface area contributed by atoms with Gasteiger partial charge >= 0.3 is 43.9 Å². The van der Waals surface area contributed by atoms with Crippen molar-refractivity contribution in [2.24, 2.45) is 17.2 Å². The quantitative estimate of drug-likeness (QED) is 0.0187. The van der Waals surface area contributed by atoms with Crippen molar-refractivity contribution in [1.29, 1.82) is 0 Å². The first-order chi connectivity index (χ1) is 54.4. The summed E-state index contributed by atoms with van der Waals surface area (Å²) in [5, 5.41) is 28.3. The Morgan fingerprint density at radius 3 is 1.13 bits per heavy atom. The van der Waals surface area contributed by atoms with Crippen LogP contribution in [-0.2, 0) is 113 Å². The molecule has 24 nitrogen and oxygen atoms in total. The van der Waals surface area contributed by atoms with Crippen molar-refractivity contribution < 1.29 is 103 Å². The SMILES string of the molecule is C.CCOC(=O)Cc1ccccc1OCc1cc(-c2cccc(CN)c2)c2ccn(S(=O)(=O)C3CC3)c2c1.CCOC(=O)Cc1ccccc1OCc1cc(Br)c2ccn(S(=O)(=O)C3CC3)c2c1.Cl.NCc1cccc(-c2cc(COc3ccccc3CC(=O)O)cc3c2ccn3S(=O)(=O)C2CC2)c1.NCc1cccc(B(O)O)c1.[Li+].[OH-]. The molecule has 31 heteroatoms. The van der Waals surface area contributed by atoms with E-state index in [2.05, 4.69) is 15.9 Å². The molecular formula is C86H94BBrClLiN6O18S3. The molecule has 9 aromatic carbocycles. The molecule has 0 radical (unpaired) electrons. The van der Waals surface area contributed by atoms with Gasteiger partial charge in [0, 0.05) is 75.5 Å². The van der Waals surface area contributed by atoms with E-state index in [4.69, 9.17) is 50.9 Å². The van der Waals surface area contributed by atoms with Gasteiger partial charge in [0.15, 0.2) is 0 Å². The number of halogens is 2. The third-order valence-electron chi connectivity index (χ3n) is 19.3. The molecule has 0 bridgehead atoms. The van der Waals surface area contributed by atoms with Gasteiger partial charge in [-0.3, -0.25) is 14.4 Å². The Kier molecular flexibility index (Phi) is 33.1. The van der Waals surface area contributed by atoms with Crippen molar-refractivity contribution in [2.45, 2.75) is 134 Å². The number of hydrogen-bond acceptors (Lipinski definition) is 20. The largest absolute Gasteiger partial charge is 1.00 e. The number of benzene rings is 9. The maximum Gasteiger partial charge on any atom is 1.00 e. The average molecular weight is 1730 g/mol. The molecule has 0 spiro atoms. The monoisotopic (exact) mass is 1730 g/mol. The molecule has 0 saturated heterocycles. The number of hydrogen-bond donors (Lipinski definition) is 6. The van der Waals surface area contributed by atoms with Crippen LogP contribution in [0.3, 0.4) is 0 Å². The summed E-state index contributed by atoms with van der Waals surface area (Å²) in [5.74, 6) is 0.118. The fraction of sp³-hybridized carbons (Fsp3) is 0.267. The molecule has 0 aliphatic heterocycles. The fourth-order valence-electron chi connectivity index (χ4n) is 13.1. The molecule has 15 rings (SSSR count). The van der Waals surface area contributed by atoms with Crippen molar-refractivity contribution >= 4 is 122 Å². The van der Waals surface area contributed by atoms with E-state index in [1.54, 1.807) is 81.0 Å². The Labute approximate surface area is 708 Å². The van der Waals surface area contributed by atoms with Crippen LogP contribution in [0.1, 0.15) is 110 Å². The molecule has 3 heterocycles. The molecule has 3 aromatic heterocycles. The molecule has 0 amide bonds. The maximum absolute atomic E-state index is 13.2. The zero-order chi connectivity index (χ0) is 80.1. The molecule has 612 valence electrons. The van der Waals surface area contributed by atoms with Crippen molar-refractivity contribution in [3.63, 3.8) is 0 Å². The van der Waals surface area contributed by atoms with Gasteiger partial charge in [0.1, 0.15) is 37.1 Å². The number of para-hydroxylation sites is 3. The number of nitrogens with two attached hydrogens (primary N) is 3. The molecule has 0 unspecified atom stereocenters. The van der Waals surface area contributed by atoms with Crippen LogP contribution in [0.4, 0.5) is 0 Å². The van der Waals surface area contributed by atoms with E-state index in [9.17, 15) is 44.7 Å². The predicted octanol–water partition coefficient (Wildman–Crippen LogP) is 10.2. The Hall–Kier alpha value is -9.55. The number of aromatic nitrogens is 3. The summed E-state index contributed by atoms with van der Waals surface area (Å²) in [6, 6.07) is 61.5. The third kappa shape index (κ3) is 23.1. The van der Waals surface area contributed by atoms with Gasteiger partial charge in [0.2, 0.25) is 30.1 Å². The third-order valence-corrected chi connectivity index (χ3v) is 26.5. The van der Waals surface area contributed by atoms with Gasteiger partial charge in [-0.25, -0.2) is 37.2 Å². The Balaban J connectivity index is 0.000000203. The molecule has 10 N–H and O–H groups in total. The minimum absolute atomic E-state index is 0. The van der Waals surface area contributed by atoms with Crippen molar-refractivity contribution in [3.8, 4) is 39.5 Å². The number of esters is 2. The van der Waals surface area contributed by atoms with Gasteiger partial charge in [-0.2, -0.15) is 0 Å². The topological polar surface area (TPSA) is 383 Å². The smallest absolute Gasteiger partial charge is 0.870 e. The Morgan fingerprint density at radius 2 is 0.778 bits per heavy atom. The van der Waals surface area contributed by atoms with Crippen LogP contribution in [0.2, 0.25) is 0 Å². The van der Waals surface area contributed by atoms with E-state index >= 15 is 0 Å². The minimum Gasteiger partial charge on any atom is -0.870 e. The van der Waals surface area contributed by atoms with Gasteiger partial charge in [0.25, 0.3) is 0 Å². The number of fused-ring (bicyclic) bond motifs is 3. The summed E-state index contributed by atoms with van der Waals surface area (Å²) in [7, 11) is -11.7. The van der Waals surface area contributed by atoms with Crippen molar-refractivity contribution in [2.75, 3.05) is 13.2 Å². The van der Waals surface area contributed by atoms with Crippen molar-refractivity contribution in [1.82, 2.24) is 11.9 Å². The number of carbonyl (C=O) groups excluding carboxylic acids is 2. The summed E-state index contributed by atoms with van der Waals surface area (Å²) in [6.45, 7) is 6.02. The first kappa shape index (κ1) is 93.0. The summed E-state index contributed by atoms with van der Waals surface area (Å²) < 4.78 is 111. The average Bonchev–Trinajstić information content (AvgIpc) is 1.61. The van der Waals surface area contributed by atoms with Crippen LogP contribution >= 0.6 is 28.3 Å². The number of rotatable bonds is 29. The Bertz CT molecular complexity index is 5840. The molecule has 3 aliphatic rings. The van der Waals surface area contributed by atoms with Crippen LogP contribution in [0.5, 0.6) is 17.2 Å². The van der Waals surface area contributed by atoms with E-state index in [1.165, 1.54) is 11.9 Å². The maximum atomic E-state index is 13.2. The van der Waals surface area contributed by atoms with E-state index in [-0.39, 0.29) is 111 Å². The summed E-state index contributed by atoms with van der Waals surface area (Å²) in [6.07, 6.45) is 9.14. The second-order valence-corrected chi connectivity index (χ2v) is 34.7. The van der Waals surface area contributed by atoms with Crippen LogP contribution in [0.25, 0.3) is 55.0 Å².